The summed E-state index contributed by atoms with van der Waals surface area (Å²) >= 11 is 0. The van der Waals surface area contributed by atoms with Gasteiger partial charge in [0, 0.05) is 42.7 Å². The molecule has 1 aliphatic heterocycles. The first-order valence-corrected chi connectivity index (χ1v) is 9.80. The molecule has 3 rings (SSSR count). The second kappa shape index (κ2) is 9.30. The molecule has 0 aliphatic carbocycles. The van der Waals surface area contributed by atoms with Crippen molar-refractivity contribution in [2.45, 2.75) is 38.1 Å². The van der Waals surface area contributed by atoms with Crippen LogP contribution in [-0.4, -0.2) is 62.7 Å². The molecule has 3 heterocycles. The molecule has 1 saturated heterocycles. The lowest BCUT2D eigenvalue weighted by Crippen LogP contribution is -2.61. The van der Waals surface area contributed by atoms with Gasteiger partial charge in [-0.05, 0) is 26.0 Å². The van der Waals surface area contributed by atoms with Gasteiger partial charge in [-0.2, -0.15) is 13.2 Å². The van der Waals surface area contributed by atoms with E-state index in [0.29, 0.717) is 35.4 Å². The van der Waals surface area contributed by atoms with Gasteiger partial charge < -0.3 is 26.3 Å². The van der Waals surface area contributed by atoms with Gasteiger partial charge in [0.2, 0.25) is 0 Å². The first-order chi connectivity index (χ1) is 15.1. The van der Waals surface area contributed by atoms with Crippen LogP contribution in [0.1, 0.15) is 19.7 Å². The number of H-pyrrole nitrogens is 1. The molecule has 1 aliphatic rings. The van der Waals surface area contributed by atoms with Gasteiger partial charge in [0.05, 0.1) is 23.6 Å². The Kier molecular flexibility index (Phi) is 6.72. The molecule has 9 nitrogen and oxygen atoms in total. The van der Waals surface area contributed by atoms with Crippen molar-refractivity contribution in [2.75, 3.05) is 11.4 Å². The smallest absolute Gasteiger partial charge is 0.404 e. The fourth-order valence-corrected chi connectivity index (χ4v) is 3.52. The van der Waals surface area contributed by atoms with Crippen molar-refractivity contribution in [3.05, 3.63) is 42.3 Å². The van der Waals surface area contributed by atoms with E-state index in [4.69, 9.17) is 16.6 Å². The molecule has 0 radical (unpaired) electrons. The Morgan fingerprint density at radius 3 is 2.69 bits per heavy atom. The van der Waals surface area contributed by atoms with Crippen molar-refractivity contribution < 1.29 is 13.2 Å². The number of allylic oxidation sites excluding steroid dienone is 1. The molecule has 3 atom stereocenters. The number of nitrogens with zero attached hydrogens (tertiary/aromatic N) is 4. The Morgan fingerprint density at radius 1 is 1.28 bits per heavy atom. The number of hydrogen-bond donors (Lipinski definition) is 5. The Morgan fingerprint density at radius 2 is 2.03 bits per heavy atom. The van der Waals surface area contributed by atoms with Crippen molar-refractivity contribution in [1.29, 1.82) is 10.8 Å². The number of halogens is 3. The minimum absolute atomic E-state index is 0.0565. The van der Waals surface area contributed by atoms with Crippen LogP contribution >= 0.6 is 0 Å². The van der Waals surface area contributed by atoms with Gasteiger partial charge >= 0.3 is 6.18 Å². The predicted molar refractivity (Wildman–Crippen MR) is 117 cm³/mol. The van der Waals surface area contributed by atoms with Crippen LogP contribution in [-0.2, 0) is 0 Å². The second-order valence-electron chi connectivity index (χ2n) is 7.44. The third-order valence-electron chi connectivity index (χ3n) is 5.16. The summed E-state index contributed by atoms with van der Waals surface area (Å²) in [5, 5.41) is 18.1. The van der Waals surface area contributed by atoms with Crippen LogP contribution in [0.15, 0.2) is 36.4 Å². The van der Waals surface area contributed by atoms with Gasteiger partial charge in [-0.1, -0.05) is 0 Å². The Hall–Kier alpha value is -3.54. The molecule has 32 heavy (non-hydrogen) atoms. The summed E-state index contributed by atoms with van der Waals surface area (Å²) in [6.07, 6.45) is 2.53. The summed E-state index contributed by atoms with van der Waals surface area (Å²) in [6.45, 7) is 4.70. The van der Waals surface area contributed by atoms with E-state index < -0.39 is 11.9 Å². The molecule has 0 amide bonds. The number of nitrogens with one attached hydrogen (secondary N) is 4. The Labute approximate surface area is 182 Å². The first kappa shape index (κ1) is 23.1. The van der Waals surface area contributed by atoms with Gasteiger partial charge in [-0.3, -0.25) is 5.41 Å². The van der Waals surface area contributed by atoms with Crippen molar-refractivity contribution in [3.63, 3.8) is 0 Å². The van der Waals surface area contributed by atoms with Gasteiger partial charge in [0.25, 0.3) is 0 Å². The summed E-state index contributed by atoms with van der Waals surface area (Å²) < 4.78 is 37.4. The fourth-order valence-electron chi connectivity index (χ4n) is 3.52. The lowest BCUT2D eigenvalue weighted by atomic mass is 9.95. The summed E-state index contributed by atoms with van der Waals surface area (Å²) in [7, 11) is 0. The minimum atomic E-state index is -4.71. The maximum Gasteiger partial charge on any atom is 0.432 e. The number of piperazine rings is 1. The normalized spacial score (nSPS) is 22.3. The van der Waals surface area contributed by atoms with Crippen LogP contribution in [0.5, 0.6) is 0 Å². The largest absolute Gasteiger partial charge is 0.432 e. The summed E-state index contributed by atoms with van der Waals surface area (Å²) in [4.78, 5) is 17.7. The highest BCUT2D eigenvalue weighted by Crippen LogP contribution is 2.26. The SMILES string of the molecule is CC1CN(c2cc(-c3cnc(/C=C\C(=N)C(F)(F)F)[nH]3)ncn2)C(C)C(/C(C=N)=C/N)N1. The van der Waals surface area contributed by atoms with E-state index in [1.165, 1.54) is 24.9 Å². The maximum atomic E-state index is 12.5. The third-order valence-corrected chi connectivity index (χ3v) is 5.16. The number of anilines is 1. The second-order valence-corrected chi connectivity index (χ2v) is 7.44. The molecule has 0 aromatic carbocycles. The van der Waals surface area contributed by atoms with E-state index in [2.05, 4.69) is 30.2 Å². The maximum absolute atomic E-state index is 12.5. The molecule has 3 unspecified atom stereocenters. The highest BCUT2D eigenvalue weighted by Gasteiger charge is 2.34. The van der Waals surface area contributed by atoms with Gasteiger partial charge in [0.15, 0.2) is 0 Å². The topological polar surface area (TPSA) is 143 Å². The van der Waals surface area contributed by atoms with Gasteiger partial charge in [0.1, 0.15) is 23.7 Å². The number of rotatable bonds is 6. The van der Waals surface area contributed by atoms with Gasteiger partial charge in [-0.25, -0.2) is 15.0 Å². The Balaban J connectivity index is 1.84. The number of alkyl halides is 3. The zero-order valence-corrected chi connectivity index (χ0v) is 17.5. The lowest BCUT2D eigenvalue weighted by molar-refractivity contribution is -0.0583. The lowest BCUT2D eigenvalue weighted by Gasteiger charge is -2.44. The standard InChI is InChI=1S/C20H24F3N9/c1-11-9-32(12(2)19(30-11)13(6-24)7-25)18-5-14(28-10-29-18)15-8-27-17(31-15)4-3-16(26)20(21,22)23/h3-8,10-12,19,24,26,30H,9,25H2,1-2H3,(H,27,31)/b4-3-,13-7+,24-6?,26-16?. The average Bonchev–Trinajstić information content (AvgIpc) is 3.23. The predicted octanol–water partition coefficient (Wildman–Crippen LogP) is 2.51. The highest BCUT2D eigenvalue weighted by molar-refractivity contribution is 5.99. The molecule has 0 spiro atoms. The molecule has 2 aromatic rings. The monoisotopic (exact) mass is 447 g/mol. The zero-order valence-electron chi connectivity index (χ0n) is 17.5. The molecular weight excluding hydrogens is 423 g/mol. The van der Waals surface area contributed by atoms with Crippen molar-refractivity contribution >= 4 is 23.8 Å². The number of aromatic nitrogens is 4. The summed E-state index contributed by atoms with van der Waals surface area (Å²) in [5.41, 5.74) is 5.90. The van der Waals surface area contributed by atoms with Crippen molar-refractivity contribution in [1.82, 2.24) is 25.3 Å². The van der Waals surface area contributed by atoms with Crippen LogP contribution in [0.25, 0.3) is 17.5 Å². The van der Waals surface area contributed by atoms with Crippen LogP contribution in [0.4, 0.5) is 19.0 Å². The molecule has 170 valence electrons. The summed E-state index contributed by atoms with van der Waals surface area (Å²) in [5.74, 6) is 0.829. The summed E-state index contributed by atoms with van der Waals surface area (Å²) in [6, 6.07) is 1.66. The van der Waals surface area contributed by atoms with Crippen molar-refractivity contribution in [3.8, 4) is 11.4 Å². The van der Waals surface area contributed by atoms with E-state index in [1.54, 1.807) is 6.07 Å². The molecule has 12 heteroatoms. The number of hydrogen-bond acceptors (Lipinski definition) is 8. The quantitative estimate of drug-likeness (QED) is 0.431. The van der Waals surface area contributed by atoms with Crippen LogP contribution in [0.2, 0.25) is 0 Å². The van der Waals surface area contributed by atoms with E-state index in [0.717, 1.165) is 6.08 Å². The molecule has 6 N–H and O–H groups in total. The first-order valence-electron chi connectivity index (χ1n) is 9.80. The molecule has 0 bridgehead atoms. The average molecular weight is 447 g/mol. The Bertz CT molecular complexity index is 1040. The third kappa shape index (κ3) is 5.02. The number of aromatic amines is 1. The van der Waals surface area contributed by atoms with E-state index in [1.807, 2.05) is 13.8 Å². The van der Waals surface area contributed by atoms with Crippen LogP contribution in [0, 0.1) is 10.8 Å². The van der Waals surface area contributed by atoms with E-state index in [-0.39, 0.29) is 23.9 Å². The molecular formula is C20H24F3N9. The van der Waals surface area contributed by atoms with Crippen molar-refractivity contribution in [2.24, 2.45) is 5.73 Å². The molecule has 0 saturated carbocycles. The number of imidazole rings is 1. The minimum Gasteiger partial charge on any atom is -0.404 e. The molecule has 2 aromatic heterocycles. The van der Waals surface area contributed by atoms with Crippen LogP contribution in [0.3, 0.4) is 0 Å². The highest BCUT2D eigenvalue weighted by atomic mass is 19.4. The number of nitrogens with two attached hydrogens (primary N) is 1. The van der Waals surface area contributed by atoms with E-state index >= 15 is 0 Å². The fraction of sp³-hybridized carbons (Fsp3) is 0.350. The van der Waals surface area contributed by atoms with E-state index in [9.17, 15) is 13.2 Å². The van der Waals surface area contributed by atoms with Crippen LogP contribution < -0.4 is 16.0 Å². The van der Waals surface area contributed by atoms with Gasteiger partial charge in [-0.15, -0.1) is 0 Å². The zero-order chi connectivity index (χ0) is 23.5. The molecule has 1 fully saturated rings.